The third-order valence-electron chi connectivity index (χ3n) is 4.74. The summed E-state index contributed by atoms with van der Waals surface area (Å²) < 4.78 is 26.2. The second-order valence-corrected chi connectivity index (χ2v) is 6.99. The molecule has 8 heteroatoms. The summed E-state index contributed by atoms with van der Waals surface area (Å²) in [5.74, 6) is -2.27. The van der Waals surface area contributed by atoms with Crippen molar-refractivity contribution in [3.8, 4) is 0 Å². The molecule has 1 saturated heterocycles. The highest BCUT2D eigenvalue weighted by Crippen LogP contribution is 2.13. The molecule has 2 amide bonds. The van der Waals surface area contributed by atoms with Gasteiger partial charge in [0.1, 0.15) is 0 Å². The predicted molar refractivity (Wildman–Crippen MR) is 106 cm³/mol. The van der Waals surface area contributed by atoms with Crippen LogP contribution in [0.15, 0.2) is 48.5 Å². The fourth-order valence-electron chi connectivity index (χ4n) is 3.14. The third-order valence-corrected chi connectivity index (χ3v) is 4.74. The summed E-state index contributed by atoms with van der Waals surface area (Å²) in [4.78, 5) is 28.2. The molecule has 1 heterocycles. The summed E-state index contributed by atoms with van der Waals surface area (Å²) in [7, 11) is 0. The number of nitrogens with zero attached hydrogens (tertiary/aromatic N) is 2. The van der Waals surface area contributed by atoms with Gasteiger partial charge >= 0.3 is 0 Å². The first-order valence-electron chi connectivity index (χ1n) is 9.50. The Kier molecular flexibility index (Phi) is 7.26. The van der Waals surface area contributed by atoms with Gasteiger partial charge in [0.15, 0.2) is 11.6 Å². The van der Waals surface area contributed by atoms with Crippen molar-refractivity contribution in [1.82, 2.24) is 15.1 Å². The first kappa shape index (κ1) is 20.9. The van der Waals surface area contributed by atoms with Crippen LogP contribution in [0.25, 0.3) is 0 Å². The Balaban J connectivity index is 1.35. The quantitative estimate of drug-likeness (QED) is 0.742. The highest BCUT2D eigenvalue weighted by atomic mass is 19.2. The van der Waals surface area contributed by atoms with Gasteiger partial charge in [0.2, 0.25) is 11.8 Å². The predicted octanol–water partition coefficient (Wildman–Crippen LogP) is 1.84. The van der Waals surface area contributed by atoms with Crippen LogP contribution in [0.2, 0.25) is 0 Å². The Labute approximate surface area is 168 Å². The van der Waals surface area contributed by atoms with E-state index in [2.05, 4.69) is 10.6 Å². The van der Waals surface area contributed by atoms with E-state index in [-0.39, 0.29) is 24.0 Å². The normalized spacial score (nSPS) is 15.1. The van der Waals surface area contributed by atoms with Crippen LogP contribution in [-0.4, -0.2) is 60.9 Å². The summed E-state index contributed by atoms with van der Waals surface area (Å²) in [5.41, 5.74) is 1.28. The third kappa shape index (κ3) is 6.62. The Morgan fingerprint density at radius 3 is 2.07 bits per heavy atom. The number of piperazine rings is 1. The van der Waals surface area contributed by atoms with Gasteiger partial charge in [0.25, 0.3) is 0 Å². The zero-order chi connectivity index (χ0) is 20.6. The van der Waals surface area contributed by atoms with Gasteiger partial charge in [-0.1, -0.05) is 30.3 Å². The standard InChI is InChI=1S/C21H24F2N4O2/c22-18-7-6-17(12-19(18)23)25-21(29)15-27-10-8-26(9-11-27)14-20(28)24-13-16-4-2-1-3-5-16/h1-7,12H,8-11,13-15H2,(H,24,28)(H,25,29). The van der Waals surface area contributed by atoms with Crippen LogP contribution in [-0.2, 0) is 16.1 Å². The van der Waals surface area contributed by atoms with E-state index < -0.39 is 11.6 Å². The molecule has 29 heavy (non-hydrogen) atoms. The van der Waals surface area contributed by atoms with E-state index in [1.807, 2.05) is 40.1 Å². The van der Waals surface area contributed by atoms with E-state index in [9.17, 15) is 18.4 Å². The van der Waals surface area contributed by atoms with Crippen molar-refractivity contribution in [2.45, 2.75) is 6.54 Å². The van der Waals surface area contributed by atoms with Crippen LogP contribution in [0.4, 0.5) is 14.5 Å². The summed E-state index contributed by atoms with van der Waals surface area (Å²) in [6.07, 6.45) is 0. The average Bonchev–Trinajstić information content (AvgIpc) is 2.71. The van der Waals surface area contributed by atoms with Gasteiger partial charge in [-0.2, -0.15) is 0 Å². The van der Waals surface area contributed by atoms with Crippen molar-refractivity contribution >= 4 is 17.5 Å². The lowest BCUT2D eigenvalue weighted by molar-refractivity contribution is -0.123. The van der Waals surface area contributed by atoms with Gasteiger partial charge in [-0.05, 0) is 17.7 Å². The minimum absolute atomic E-state index is 0.0293. The van der Waals surface area contributed by atoms with Gasteiger partial charge in [-0.3, -0.25) is 19.4 Å². The highest BCUT2D eigenvalue weighted by Gasteiger charge is 2.20. The lowest BCUT2D eigenvalue weighted by Gasteiger charge is -2.33. The minimum Gasteiger partial charge on any atom is -0.351 e. The smallest absolute Gasteiger partial charge is 0.238 e. The second kappa shape index (κ2) is 10.1. The van der Waals surface area contributed by atoms with Crippen molar-refractivity contribution in [3.63, 3.8) is 0 Å². The van der Waals surface area contributed by atoms with Crippen LogP contribution < -0.4 is 10.6 Å². The molecule has 1 aliphatic heterocycles. The number of anilines is 1. The molecule has 0 aromatic heterocycles. The lowest BCUT2D eigenvalue weighted by Crippen LogP contribution is -2.50. The molecule has 1 fully saturated rings. The molecular weight excluding hydrogens is 378 g/mol. The second-order valence-electron chi connectivity index (χ2n) is 6.99. The van der Waals surface area contributed by atoms with Crippen molar-refractivity contribution in [1.29, 1.82) is 0 Å². The fraction of sp³-hybridized carbons (Fsp3) is 0.333. The molecule has 1 aliphatic rings. The first-order valence-corrected chi connectivity index (χ1v) is 9.50. The van der Waals surface area contributed by atoms with Gasteiger partial charge in [-0.25, -0.2) is 8.78 Å². The number of amides is 2. The molecule has 154 valence electrons. The summed E-state index contributed by atoms with van der Waals surface area (Å²) >= 11 is 0. The summed E-state index contributed by atoms with van der Waals surface area (Å²) in [6.45, 7) is 3.64. The van der Waals surface area contributed by atoms with E-state index in [1.165, 1.54) is 6.07 Å². The number of hydrogen-bond acceptors (Lipinski definition) is 4. The van der Waals surface area contributed by atoms with Gasteiger partial charge in [0.05, 0.1) is 13.1 Å². The van der Waals surface area contributed by atoms with Crippen molar-refractivity contribution in [3.05, 3.63) is 65.7 Å². The molecular formula is C21H24F2N4O2. The number of hydrogen-bond donors (Lipinski definition) is 2. The lowest BCUT2D eigenvalue weighted by atomic mass is 10.2. The molecule has 0 atom stereocenters. The topological polar surface area (TPSA) is 64.7 Å². The maximum Gasteiger partial charge on any atom is 0.238 e. The molecule has 2 N–H and O–H groups in total. The van der Waals surface area contributed by atoms with Crippen LogP contribution in [0.1, 0.15) is 5.56 Å². The van der Waals surface area contributed by atoms with Gasteiger partial charge in [0, 0.05) is 44.5 Å². The number of benzene rings is 2. The van der Waals surface area contributed by atoms with Crippen LogP contribution >= 0.6 is 0 Å². The van der Waals surface area contributed by atoms with E-state index in [0.717, 1.165) is 17.7 Å². The monoisotopic (exact) mass is 402 g/mol. The maximum atomic E-state index is 13.2. The zero-order valence-corrected chi connectivity index (χ0v) is 16.0. The Hall–Kier alpha value is -2.84. The average molecular weight is 402 g/mol. The first-order chi connectivity index (χ1) is 14.0. The molecule has 2 aromatic carbocycles. The summed E-state index contributed by atoms with van der Waals surface area (Å²) in [6, 6.07) is 13.0. The van der Waals surface area contributed by atoms with Crippen molar-refractivity contribution in [2.24, 2.45) is 0 Å². The Morgan fingerprint density at radius 2 is 1.45 bits per heavy atom. The van der Waals surface area contributed by atoms with Crippen LogP contribution in [0.5, 0.6) is 0 Å². The largest absolute Gasteiger partial charge is 0.351 e. The van der Waals surface area contributed by atoms with E-state index in [0.29, 0.717) is 39.3 Å². The zero-order valence-electron chi connectivity index (χ0n) is 16.0. The minimum atomic E-state index is -0.998. The molecule has 0 unspecified atom stereocenters. The number of carbonyl (C=O) groups is 2. The van der Waals surface area contributed by atoms with E-state index in [4.69, 9.17) is 0 Å². The maximum absolute atomic E-state index is 13.2. The summed E-state index contributed by atoms with van der Waals surface area (Å²) in [5, 5.41) is 5.48. The van der Waals surface area contributed by atoms with E-state index in [1.54, 1.807) is 0 Å². The SMILES string of the molecule is O=C(CN1CCN(CC(=O)Nc2ccc(F)c(F)c2)CC1)NCc1ccccc1. The highest BCUT2D eigenvalue weighted by molar-refractivity contribution is 5.92. The van der Waals surface area contributed by atoms with Crippen molar-refractivity contribution in [2.75, 3.05) is 44.6 Å². The van der Waals surface area contributed by atoms with Crippen LogP contribution in [0, 0.1) is 11.6 Å². The molecule has 0 radical (unpaired) electrons. The van der Waals surface area contributed by atoms with E-state index >= 15 is 0 Å². The number of carbonyl (C=O) groups excluding carboxylic acids is 2. The van der Waals surface area contributed by atoms with Crippen LogP contribution in [0.3, 0.4) is 0 Å². The molecule has 3 rings (SSSR count). The Bertz CT molecular complexity index is 840. The van der Waals surface area contributed by atoms with Gasteiger partial charge < -0.3 is 10.6 Å². The number of rotatable bonds is 7. The number of nitrogens with one attached hydrogen (secondary N) is 2. The molecule has 0 spiro atoms. The van der Waals surface area contributed by atoms with Gasteiger partial charge in [-0.15, -0.1) is 0 Å². The fourth-order valence-corrected chi connectivity index (χ4v) is 3.14. The van der Waals surface area contributed by atoms with Crippen molar-refractivity contribution < 1.29 is 18.4 Å². The molecule has 0 bridgehead atoms. The Morgan fingerprint density at radius 1 is 0.828 bits per heavy atom. The molecule has 6 nitrogen and oxygen atoms in total. The molecule has 2 aromatic rings. The molecule has 0 aliphatic carbocycles. The number of halogens is 2. The molecule has 0 saturated carbocycles.